The standard InChI is InChI=1S/C22H30FNO2/c1-17(2)15-26-16-22(25)14-24(12-19-8-10-21(23)11-9-19)13-20-7-5-4-6-18(20)3/h4-11,17,22,25H,12-16H2,1-3H3/t22-/m0/s1. The second kappa shape index (κ2) is 10.4. The van der Waals surface area contributed by atoms with Crippen LogP contribution in [0.2, 0.25) is 0 Å². The number of aliphatic hydroxyl groups excluding tert-OH is 1. The van der Waals surface area contributed by atoms with Crippen molar-refractivity contribution >= 4 is 0 Å². The van der Waals surface area contributed by atoms with Crippen LogP contribution in [0.15, 0.2) is 48.5 Å². The van der Waals surface area contributed by atoms with Gasteiger partial charge in [-0.05, 0) is 41.7 Å². The van der Waals surface area contributed by atoms with E-state index in [1.54, 1.807) is 12.1 Å². The highest BCUT2D eigenvalue weighted by molar-refractivity contribution is 5.25. The molecule has 3 nitrogen and oxygen atoms in total. The lowest BCUT2D eigenvalue weighted by Gasteiger charge is -2.26. The van der Waals surface area contributed by atoms with Crippen LogP contribution in [0.1, 0.15) is 30.5 Å². The Morgan fingerprint density at radius 1 is 1.00 bits per heavy atom. The normalized spacial score (nSPS) is 12.7. The van der Waals surface area contributed by atoms with Crippen molar-refractivity contribution in [2.75, 3.05) is 19.8 Å². The van der Waals surface area contributed by atoms with Gasteiger partial charge >= 0.3 is 0 Å². The van der Waals surface area contributed by atoms with Gasteiger partial charge in [0, 0.05) is 26.2 Å². The van der Waals surface area contributed by atoms with Crippen LogP contribution < -0.4 is 0 Å². The molecule has 0 amide bonds. The summed E-state index contributed by atoms with van der Waals surface area (Å²) in [4.78, 5) is 2.18. The van der Waals surface area contributed by atoms with Crippen LogP contribution in [0.4, 0.5) is 4.39 Å². The zero-order valence-electron chi connectivity index (χ0n) is 16.0. The van der Waals surface area contributed by atoms with E-state index in [1.165, 1.54) is 23.3 Å². The first-order valence-electron chi connectivity index (χ1n) is 9.21. The van der Waals surface area contributed by atoms with Gasteiger partial charge < -0.3 is 9.84 Å². The molecule has 0 bridgehead atoms. The van der Waals surface area contributed by atoms with Gasteiger partial charge in [-0.1, -0.05) is 50.2 Å². The first-order valence-corrected chi connectivity index (χ1v) is 9.21. The third kappa shape index (κ3) is 7.24. The highest BCUT2D eigenvalue weighted by Crippen LogP contribution is 2.14. The second-order valence-corrected chi connectivity index (χ2v) is 7.31. The van der Waals surface area contributed by atoms with Crippen molar-refractivity contribution in [1.29, 1.82) is 0 Å². The van der Waals surface area contributed by atoms with Crippen molar-refractivity contribution in [3.8, 4) is 0 Å². The minimum Gasteiger partial charge on any atom is -0.389 e. The maximum atomic E-state index is 13.2. The van der Waals surface area contributed by atoms with E-state index in [-0.39, 0.29) is 5.82 Å². The smallest absolute Gasteiger partial charge is 0.123 e. The quantitative estimate of drug-likeness (QED) is 0.691. The summed E-state index contributed by atoms with van der Waals surface area (Å²) in [5.74, 6) is 0.214. The molecule has 2 rings (SSSR count). The Hall–Kier alpha value is -1.75. The van der Waals surface area contributed by atoms with Gasteiger partial charge in [0.2, 0.25) is 0 Å². The molecule has 0 saturated heterocycles. The Kier molecular flexibility index (Phi) is 8.23. The highest BCUT2D eigenvalue weighted by Gasteiger charge is 2.14. The van der Waals surface area contributed by atoms with Gasteiger partial charge in [0.15, 0.2) is 0 Å². The van der Waals surface area contributed by atoms with Crippen LogP contribution in [0.3, 0.4) is 0 Å². The van der Waals surface area contributed by atoms with Crippen molar-refractivity contribution in [2.24, 2.45) is 5.92 Å². The van der Waals surface area contributed by atoms with E-state index >= 15 is 0 Å². The molecule has 0 heterocycles. The van der Waals surface area contributed by atoms with Gasteiger partial charge in [-0.15, -0.1) is 0 Å². The molecule has 0 saturated carbocycles. The number of ether oxygens (including phenoxy) is 1. The van der Waals surface area contributed by atoms with E-state index < -0.39 is 6.10 Å². The Morgan fingerprint density at radius 2 is 1.69 bits per heavy atom. The lowest BCUT2D eigenvalue weighted by atomic mass is 10.1. The summed E-state index contributed by atoms with van der Waals surface area (Å²) in [5, 5.41) is 10.4. The summed E-state index contributed by atoms with van der Waals surface area (Å²) in [6.07, 6.45) is -0.557. The summed E-state index contributed by atoms with van der Waals surface area (Å²) in [7, 11) is 0. The second-order valence-electron chi connectivity index (χ2n) is 7.31. The van der Waals surface area contributed by atoms with Gasteiger partial charge in [-0.25, -0.2) is 4.39 Å². The van der Waals surface area contributed by atoms with E-state index in [2.05, 4.69) is 37.8 Å². The molecule has 2 aromatic rings. The molecule has 0 spiro atoms. The minimum absolute atomic E-state index is 0.235. The molecule has 0 aliphatic carbocycles. The van der Waals surface area contributed by atoms with Crippen LogP contribution in [0, 0.1) is 18.7 Å². The predicted octanol–water partition coefficient (Wildman–Crippen LogP) is 4.17. The van der Waals surface area contributed by atoms with Crippen molar-refractivity contribution < 1.29 is 14.2 Å². The van der Waals surface area contributed by atoms with Gasteiger partial charge in [0.05, 0.1) is 12.7 Å². The van der Waals surface area contributed by atoms with E-state index in [4.69, 9.17) is 4.74 Å². The lowest BCUT2D eigenvalue weighted by molar-refractivity contribution is 0.00551. The summed E-state index contributed by atoms with van der Waals surface area (Å²) in [5.41, 5.74) is 3.47. The fraction of sp³-hybridized carbons (Fsp3) is 0.455. The van der Waals surface area contributed by atoms with E-state index in [1.807, 2.05) is 12.1 Å². The van der Waals surface area contributed by atoms with Crippen molar-refractivity contribution in [1.82, 2.24) is 4.90 Å². The van der Waals surface area contributed by atoms with E-state index in [0.717, 1.165) is 12.1 Å². The Morgan fingerprint density at radius 3 is 2.35 bits per heavy atom. The maximum absolute atomic E-state index is 13.2. The van der Waals surface area contributed by atoms with E-state index in [0.29, 0.717) is 32.2 Å². The number of nitrogens with zero attached hydrogens (tertiary/aromatic N) is 1. The van der Waals surface area contributed by atoms with Crippen molar-refractivity contribution in [2.45, 2.75) is 40.0 Å². The number of halogens is 1. The molecule has 0 radical (unpaired) electrons. The molecule has 2 aromatic carbocycles. The third-order valence-electron chi connectivity index (χ3n) is 4.21. The number of aliphatic hydroxyl groups is 1. The molecular weight excluding hydrogens is 329 g/mol. The molecule has 1 N–H and O–H groups in total. The van der Waals surface area contributed by atoms with Crippen LogP contribution >= 0.6 is 0 Å². The average molecular weight is 359 g/mol. The number of rotatable bonds is 10. The van der Waals surface area contributed by atoms with Gasteiger partial charge in [0.1, 0.15) is 5.82 Å². The molecule has 142 valence electrons. The van der Waals surface area contributed by atoms with E-state index in [9.17, 15) is 9.50 Å². The SMILES string of the molecule is Cc1ccccc1CN(Cc1ccc(F)cc1)C[C@H](O)COCC(C)C. The van der Waals surface area contributed by atoms with Crippen LogP contribution in [-0.2, 0) is 17.8 Å². The van der Waals surface area contributed by atoms with Gasteiger partial charge in [0.25, 0.3) is 0 Å². The fourth-order valence-electron chi connectivity index (χ4n) is 2.85. The van der Waals surface area contributed by atoms with Crippen LogP contribution in [0.25, 0.3) is 0 Å². The summed E-state index contributed by atoms with van der Waals surface area (Å²) in [6.45, 7) is 9.12. The Bertz CT molecular complexity index is 657. The zero-order valence-corrected chi connectivity index (χ0v) is 16.0. The predicted molar refractivity (Wildman–Crippen MR) is 103 cm³/mol. The van der Waals surface area contributed by atoms with Crippen molar-refractivity contribution in [3.63, 3.8) is 0 Å². The zero-order chi connectivity index (χ0) is 18.9. The average Bonchev–Trinajstić information content (AvgIpc) is 2.58. The molecule has 1 atom stereocenters. The minimum atomic E-state index is -0.557. The Balaban J connectivity index is 2.02. The summed E-state index contributed by atoms with van der Waals surface area (Å²) >= 11 is 0. The number of hydrogen-bond acceptors (Lipinski definition) is 3. The number of benzene rings is 2. The van der Waals surface area contributed by atoms with Crippen molar-refractivity contribution in [3.05, 3.63) is 71.0 Å². The molecule has 26 heavy (non-hydrogen) atoms. The monoisotopic (exact) mass is 359 g/mol. The topological polar surface area (TPSA) is 32.7 Å². The molecule has 0 aliphatic heterocycles. The first kappa shape index (κ1) is 20.6. The highest BCUT2D eigenvalue weighted by atomic mass is 19.1. The molecule has 0 aromatic heterocycles. The number of hydrogen-bond donors (Lipinski definition) is 1. The molecule has 4 heteroatoms. The number of aryl methyl sites for hydroxylation is 1. The Labute approximate surface area is 156 Å². The third-order valence-corrected chi connectivity index (χ3v) is 4.21. The maximum Gasteiger partial charge on any atom is 0.123 e. The van der Waals surface area contributed by atoms with Gasteiger partial charge in [-0.3, -0.25) is 4.90 Å². The first-order chi connectivity index (χ1) is 12.4. The molecular formula is C22H30FNO2. The molecule has 0 unspecified atom stereocenters. The summed E-state index contributed by atoms with van der Waals surface area (Å²) in [6, 6.07) is 14.8. The van der Waals surface area contributed by atoms with Crippen LogP contribution in [0.5, 0.6) is 0 Å². The largest absolute Gasteiger partial charge is 0.389 e. The molecule has 0 fully saturated rings. The molecule has 0 aliphatic rings. The van der Waals surface area contributed by atoms with Gasteiger partial charge in [-0.2, -0.15) is 0 Å². The summed E-state index contributed by atoms with van der Waals surface area (Å²) < 4.78 is 18.7. The fourth-order valence-corrected chi connectivity index (χ4v) is 2.85. The van der Waals surface area contributed by atoms with Crippen LogP contribution in [-0.4, -0.2) is 35.9 Å². The lowest BCUT2D eigenvalue weighted by Crippen LogP contribution is -2.34.